The Morgan fingerprint density at radius 3 is 2.70 bits per heavy atom. The summed E-state index contributed by atoms with van der Waals surface area (Å²) in [6.07, 6.45) is 3.30. The van der Waals surface area contributed by atoms with Crippen LogP contribution in [0.15, 0.2) is 36.5 Å². The van der Waals surface area contributed by atoms with E-state index in [4.69, 9.17) is 15.2 Å². The molecule has 2 aromatic rings. The Labute approximate surface area is 159 Å². The molecule has 3 rings (SSSR count). The lowest BCUT2D eigenvalue weighted by molar-refractivity contribution is 0.0819. The summed E-state index contributed by atoms with van der Waals surface area (Å²) in [5.41, 5.74) is 7.44. The molecule has 8 heteroatoms. The molecule has 1 aromatic carbocycles. The molecule has 0 saturated carbocycles. The summed E-state index contributed by atoms with van der Waals surface area (Å²) in [5, 5.41) is 8.35. The number of hydrogen-bond donors (Lipinski definition) is 1. The zero-order chi connectivity index (χ0) is 19.1. The third-order valence-electron chi connectivity index (χ3n) is 4.49. The van der Waals surface area contributed by atoms with Crippen LogP contribution in [0.3, 0.4) is 0 Å². The molecule has 146 valence electrons. The summed E-state index contributed by atoms with van der Waals surface area (Å²) in [7, 11) is 0. The van der Waals surface area contributed by atoms with Crippen molar-refractivity contribution in [1.29, 1.82) is 0 Å². The molecule has 1 fully saturated rings. The molecule has 1 atom stereocenters. The van der Waals surface area contributed by atoms with Crippen LogP contribution in [0.1, 0.15) is 37.1 Å². The lowest BCUT2D eigenvalue weighted by atomic mass is 10.1. The van der Waals surface area contributed by atoms with Crippen LogP contribution < -0.4 is 5.73 Å². The third kappa shape index (κ3) is 5.77. The molecule has 1 amide bonds. The summed E-state index contributed by atoms with van der Waals surface area (Å²) in [4.78, 5) is 14.0. The van der Waals surface area contributed by atoms with Crippen molar-refractivity contribution in [3.8, 4) is 0 Å². The van der Waals surface area contributed by atoms with Crippen molar-refractivity contribution in [3.63, 3.8) is 0 Å². The number of rotatable bonds is 7. The molecule has 27 heavy (non-hydrogen) atoms. The minimum absolute atomic E-state index is 0.00557. The number of carbonyl (C=O) groups excluding carboxylic acids is 1. The molecule has 1 unspecified atom stereocenters. The van der Waals surface area contributed by atoms with E-state index in [1.54, 1.807) is 4.90 Å². The van der Waals surface area contributed by atoms with E-state index in [1.165, 1.54) is 0 Å². The SMILES string of the molecule is CC(N)COCc1cn(C2CCN(C(=O)OCc3ccccc3)CC2)nn1. The molecule has 8 nitrogen and oxygen atoms in total. The van der Waals surface area contributed by atoms with Gasteiger partial charge in [-0.25, -0.2) is 9.48 Å². The van der Waals surface area contributed by atoms with Gasteiger partial charge in [0.05, 0.1) is 25.5 Å². The fraction of sp³-hybridized carbons (Fsp3) is 0.526. The molecule has 2 N–H and O–H groups in total. The number of amides is 1. The topological polar surface area (TPSA) is 95.5 Å². The van der Waals surface area contributed by atoms with Crippen molar-refractivity contribution in [3.05, 3.63) is 47.8 Å². The molecule has 2 heterocycles. The Bertz CT molecular complexity index is 711. The van der Waals surface area contributed by atoms with E-state index in [1.807, 2.05) is 48.1 Å². The third-order valence-corrected chi connectivity index (χ3v) is 4.49. The van der Waals surface area contributed by atoms with E-state index in [2.05, 4.69) is 10.3 Å². The summed E-state index contributed by atoms with van der Waals surface area (Å²) < 4.78 is 12.8. The van der Waals surface area contributed by atoms with Gasteiger partial charge in [-0.05, 0) is 25.3 Å². The average molecular weight is 373 g/mol. The maximum absolute atomic E-state index is 12.2. The van der Waals surface area contributed by atoms with E-state index in [0.717, 1.165) is 24.1 Å². The molecular weight excluding hydrogens is 346 g/mol. The fourth-order valence-electron chi connectivity index (χ4n) is 3.03. The van der Waals surface area contributed by atoms with Gasteiger partial charge in [-0.1, -0.05) is 35.5 Å². The van der Waals surface area contributed by atoms with Gasteiger partial charge in [0.15, 0.2) is 0 Å². The highest BCUT2D eigenvalue weighted by Gasteiger charge is 2.25. The van der Waals surface area contributed by atoms with Gasteiger partial charge in [-0.2, -0.15) is 0 Å². The van der Waals surface area contributed by atoms with Crippen LogP contribution in [-0.4, -0.2) is 51.7 Å². The van der Waals surface area contributed by atoms with Crippen LogP contribution in [0.4, 0.5) is 4.79 Å². The molecule has 0 bridgehead atoms. The van der Waals surface area contributed by atoms with E-state index in [0.29, 0.717) is 32.9 Å². The Morgan fingerprint density at radius 1 is 1.26 bits per heavy atom. The highest BCUT2D eigenvalue weighted by atomic mass is 16.6. The molecule has 0 aliphatic carbocycles. The van der Waals surface area contributed by atoms with Gasteiger partial charge in [0, 0.05) is 19.1 Å². The normalized spacial score (nSPS) is 16.3. The summed E-state index contributed by atoms with van der Waals surface area (Å²) >= 11 is 0. The van der Waals surface area contributed by atoms with Crippen LogP contribution in [0, 0.1) is 0 Å². The van der Waals surface area contributed by atoms with Crippen LogP contribution in [0.2, 0.25) is 0 Å². The van der Waals surface area contributed by atoms with E-state index < -0.39 is 0 Å². The maximum Gasteiger partial charge on any atom is 0.410 e. The van der Waals surface area contributed by atoms with Crippen LogP contribution in [0.5, 0.6) is 0 Å². The van der Waals surface area contributed by atoms with Crippen molar-refractivity contribution in [2.75, 3.05) is 19.7 Å². The van der Waals surface area contributed by atoms with Crippen molar-refractivity contribution in [2.24, 2.45) is 5.73 Å². The highest BCUT2D eigenvalue weighted by molar-refractivity contribution is 5.67. The van der Waals surface area contributed by atoms with Gasteiger partial charge >= 0.3 is 6.09 Å². The number of aromatic nitrogens is 3. The Kier molecular flexibility index (Phi) is 6.78. The van der Waals surface area contributed by atoms with Gasteiger partial charge in [-0.15, -0.1) is 5.10 Å². The number of hydrogen-bond acceptors (Lipinski definition) is 6. The molecule has 1 aliphatic rings. The number of benzene rings is 1. The molecular formula is C19H27N5O3. The van der Waals surface area contributed by atoms with Crippen molar-refractivity contribution >= 4 is 6.09 Å². The number of likely N-dealkylation sites (tertiary alicyclic amines) is 1. The summed E-state index contributed by atoms with van der Waals surface area (Å²) in [6.45, 7) is 4.40. The van der Waals surface area contributed by atoms with Gasteiger partial charge in [-0.3, -0.25) is 0 Å². The minimum Gasteiger partial charge on any atom is -0.445 e. The van der Waals surface area contributed by atoms with Gasteiger partial charge in [0.2, 0.25) is 0 Å². The first-order valence-electron chi connectivity index (χ1n) is 9.31. The van der Waals surface area contributed by atoms with E-state index in [9.17, 15) is 4.79 Å². The number of nitrogens with two attached hydrogens (primary N) is 1. The standard InChI is InChI=1S/C19H27N5O3/c1-15(20)12-26-14-17-11-24(22-21-17)18-7-9-23(10-8-18)19(25)27-13-16-5-3-2-4-6-16/h2-6,11,15,18H,7-10,12-14,20H2,1H3. The second-order valence-electron chi connectivity index (χ2n) is 6.94. The zero-order valence-corrected chi connectivity index (χ0v) is 15.7. The molecule has 0 spiro atoms. The first kappa shape index (κ1) is 19.3. The largest absolute Gasteiger partial charge is 0.445 e. The first-order chi connectivity index (χ1) is 13.1. The van der Waals surface area contributed by atoms with Crippen molar-refractivity contribution in [1.82, 2.24) is 19.9 Å². The fourth-order valence-corrected chi connectivity index (χ4v) is 3.03. The monoisotopic (exact) mass is 373 g/mol. The lowest BCUT2D eigenvalue weighted by Gasteiger charge is -2.31. The number of carbonyl (C=O) groups is 1. The second-order valence-corrected chi connectivity index (χ2v) is 6.94. The Hall–Kier alpha value is -2.45. The predicted octanol–water partition coefficient (Wildman–Crippen LogP) is 2.12. The maximum atomic E-state index is 12.2. The minimum atomic E-state index is -0.263. The summed E-state index contributed by atoms with van der Waals surface area (Å²) in [5.74, 6) is 0. The zero-order valence-electron chi connectivity index (χ0n) is 15.7. The quantitative estimate of drug-likeness (QED) is 0.799. The van der Waals surface area contributed by atoms with Gasteiger partial charge in [0.1, 0.15) is 12.3 Å². The Balaban J connectivity index is 1.42. The van der Waals surface area contributed by atoms with E-state index >= 15 is 0 Å². The Morgan fingerprint density at radius 2 is 2.00 bits per heavy atom. The molecule has 1 saturated heterocycles. The molecule has 1 aromatic heterocycles. The number of nitrogens with zero attached hydrogens (tertiary/aromatic N) is 4. The van der Waals surface area contributed by atoms with Crippen LogP contribution in [0.25, 0.3) is 0 Å². The van der Waals surface area contributed by atoms with Crippen molar-refractivity contribution < 1.29 is 14.3 Å². The highest BCUT2D eigenvalue weighted by Crippen LogP contribution is 2.22. The first-order valence-corrected chi connectivity index (χ1v) is 9.31. The smallest absolute Gasteiger partial charge is 0.410 e. The second kappa shape index (κ2) is 9.48. The molecule has 0 radical (unpaired) electrons. The summed E-state index contributed by atoms with van der Waals surface area (Å²) in [6, 6.07) is 9.94. The van der Waals surface area contributed by atoms with Gasteiger partial charge in [0.25, 0.3) is 0 Å². The van der Waals surface area contributed by atoms with Gasteiger partial charge < -0.3 is 20.1 Å². The van der Waals surface area contributed by atoms with Crippen molar-refractivity contribution in [2.45, 2.75) is 45.1 Å². The van der Waals surface area contributed by atoms with Crippen LogP contribution in [-0.2, 0) is 22.7 Å². The van der Waals surface area contributed by atoms with Crippen LogP contribution >= 0.6 is 0 Å². The number of ether oxygens (including phenoxy) is 2. The number of piperidine rings is 1. The molecule has 1 aliphatic heterocycles. The predicted molar refractivity (Wildman–Crippen MR) is 99.8 cm³/mol. The lowest BCUT2D eigenvalue weighted by Crippen LogP contribution is -2.39. The van der Waals surface area contributed by atoms with E-state index in [-0.39, 0.29) is 18.2 Å². The average Bonchev–Trinajstić information content (AvgIpc) is 3.16.